The van der Waals surface area contributed by atoms with Crippen molar-refractivity contribution in [3.63, 3.8) is 0 Å². The normalized spacial score (nSPS) is 14.0. The van der Waals surface area contributed by atoms with Crippen LogP contribution >= 0.6 is 11.3 Å². The summed E-state index contributed by atoms with van der Waals surface area (Å²) in [5.74, 6) is 1.54. The number of ether oxygens (including phenoxy) is 1. The van der Waals surface area contributed by atoms with Gasteiger partial charge in [0, 0.05) is 17.0 Å². The molecule has 0 radical (unpaired) electrons. The number of nitrogens with one attached hydrogen (secondary N) is 1. The van der Waals surface area contributed by atoms with Crippen molar-refractivity contribution in [1.82, 2.24) is 4.90 Å². The molecule has 1 aromatic carbocycles. The van der Waals surface area contributed by atoms with Crippen LogP contribution in [0.1, 0.15) is 18.2 Å². The monoisotopic (exact) mass is 364 g/mol. The molecule has 0 saturated heterocycles. The second kappa shape index (κ2) is 8.70. The quantitative estimate of drug-likeness (QED) is 0.833. The molecule has 24 heavy (non-hydrogen) atoms. The molecule has 1 aromatic heterocycles. The molecule has 128 valence electrons. The van der Waals surface area contributed by atoms with E-state index in [1.165, 1.54) is 0 Å². The van der Waals surface area contributed by atoms with Gasteiger partial charge in [0.25, 0.3) is 0 Å². The summed E-state index contributed by atoms with van der Waals surface area (Å²) in [4.78, 5) is 19.6. The molecule has 3 rings (SSSR count). The number of anilines is 1. The summed E-state index contributed by atoms with van der Waals surface area (Å²) < 4.78 is 5.44. The molecule has 1 N–H and O–H groups in total. The summed E-state index contributed by atoms with van der Waals surface area (Å²) in [5.41, 5.74) is 0.887. The highest BCUT2D eigenvalue weighted by molar-refractivity contribution is 7.09. The fourth-order valence-electron chi connectivity index (χ4n) is 2.35. The second-order valence-corrected chi connectivity index (χ2v) is 6.13. The number of amides is 1. The maximum Gasteiger partial charge on any atom is 0.231 e. The molecule has 0 atom stereocenters. The van der Waals surface area contributed by atoms with E-state index in [-0.39, 0.29) is 18.3 Å². The number of hydrogen-bond acceptors (Lipinski definition) is 5. The average Bonchev–Trinajstić information content (AvgIpc) is 3.06. The van der Waals surface area contributed by atoms with Gasteiger partial charge in [0.2, 0.25) is 11.9 Å². The first kappa shape index (κ1) is 18.3. The first-order chi connectivity index (χ1) is 11.3. The zero-order valence-corrected chi connectivity index (χ0v) is 14.9. The number of benzene rings is 1. The van der Waals surface area contributed by atoms with Gasteiger partial charge < -0.3 is 22.5 Å². The van der Waals surface area contributed by atoms with Gasteiger partial charge in [0.1, 0.15) is 5.75 Å². The van der Waals surface area contributed by atoms with Gasteiger partial charge in [-0.15, -0.1) is 11.3 Å². The maximum atomic E-state index is 12.3. The average molecular weight is 365 g/mol. The Labute approximate surface area is 151 Å². The van der Waals surface area contributed by atoms with E-state index in [2.05, 4.69) is 10.3 Å². The van der Waals surface area contributed by atoms with Gasteiger partial charge in [-0.3, -0.25) is 14.7 Å². The van der Waals surface area contributed by atoms with E-state index in [4.69, 9.17) is 4.74 Å². The van der Waals surface area contributed by atoms with Crippen molar-refractivity contribution in [2.45, 2.75) is 19.9 Å². The Bertz CT molecular complexity index is 686. The SMILES string of the molecule is CCOc1ccc(NC2=NCCC(=O)N2Cc2cccs2)cc1.[Cl-]. The highest BCUT2D eigenvalue weighted by Crippen LogP contribution is 2.19. The molecule has 0 aliphatic carbocycles. The minimum absolute atomic E-state index is 0. The van der Waals surface area contributed by atoms with E-state index in [0.717, 1.165) is 16.3 Å². The molecule has 0 bridgehead atoms. The van der Waals surface area contributed by atoms with Gasteiger partial charge in [-0.25, -0.2) is 0 Å². The van der Waals surface area contributed by atoms with Gasteiger partial charge in [-0.1, -0.05) is 6.07 Å². The number of halogens is 1. The van der Waals surface area contributed by atoms with Crippen molar-refractivity contribution in [2.24, 2.45) is 4.99 Å². The summed E-state index contributed by atoms with van der Waals surface area (Å²) >= 11 is 1.64. The molecule has 0 fully saturated rings. The van der Waals surface area contributed by atoms with Crippen LogP contribution in [-0.4, -0.2) is 29.9 Å². The summed E-state index contributed by atoms with van der Waals surface area (Å²) in [7, 11) is 0. The number of aliphatic imine (C=N–C) groups is 1. The van der Waals surface area contributed by atoms with Crippen LogP contribution in [0.4, 0.5) is 5.69 Å². The van der Waals surface area contributed by atoms with E-state index in [0.29, 0.717) is 32.1 Å². The van der Waals surface area contributed by atoms with E-state index >= 15 is 0 Å². The Hall–Kier alpha value is -2.05. The van der Waals surface area contributed by atoms with Gasteiger partial charge in [-0.05, 0) is 42.6 Å². The fourth-order valence-corrected chi connectivity index (χ4v) is 3.05. The molecule has 0 saturated carbocycles. The van der Waals surface area contributed by atoms with Gasteiger partial charge in [0.05, 0.1) is 19.7 Å². The van der Waals surface area contributed by atoms with Crippen LogP contribution in [0.25, 0.3) is 0 Å². The maximum absolute atomic E-state index is 12.3. The van der Waals surface area contributed by atoms with E-state index in [9.17, 15) is 4.79 Å². The van der Waals surface area contributed by atoms with Crippen molar-refractivity contribution in [3.05, 3.63) is 46.7 Å². The number of carbonyl (C=O) groups excluding carboxylic acids is 1. The summed E-state index contributed by atoms with van der Waals surface area (Å²) in [6.45, 7) is 3.68. The van der Waals surface area contributed by atoms with Crippen LogP contribution in [0, 0.1) is 0 Å². The second-order valence-electron chi connectivity index (χ2n) is 5.10. The Morgan fingerprint density at radius 3 is 2.75 bits per heavy atom. The number of thiophene rings is 1. The predicted octanol–water partition coefficient (Wildman–Crippen LogP) is 0.351. The van der Waals surface area contributed by atoms with Crippen LogP contribution in [-0.2, 0) is 11.3 Å². The van der Waals surface area contributed by atoms with Crippen molar-refractivity contribution in [1.29, 1.82) is 0 Å². The largest absolute Gasteiger partial charge is 1.00 e. The number of rotatable bonds is 5. The fraction of sp³-hybridized carbons (Fsp3) is 0.294. The molecule has 2 aromatic rings. The lowest BCUT2D eigenvalue weighted by molar-refractivity contribution is -0.128. The minimum Gasteiger partial charge on any atom is -1.00 e. The van der Waals surface area contributed by atoms with Crippen LogP contribution < -0.4 is 22.5 Å². The zero-order chi connectivity index (χ0) is 16.1. The first-order valence-corrected chi connectivity index (χ1v) is 8.51. The third kappa shape index (κ3) is 4.49. The standard InChI is InChI=1S/C17H19N3O2S.ClH/c1-2-22-14-7-5-13(6-8-14)19-17-18-10-9-16(21)20(17)12-15-4-3-11-23-15;/h3-8,11H,2,9-10,12H2,1H3,(H,18,19);1H/p-1. The van der Waals surface area contributed by atoms with E-state index in [1.807, 2.05) is 48.7 Å². The van der Waals surface area contributed by atoms with E-state index in [1.54, 1.807) is 16.2 Å². The van der Waals surface area contributed by atoms with Crippen LogP contribution in [0.5, 0.6) is 5.75 Å². The number of hydrogen-bond donors (Lipinski definition) is 1. The molecule has 2 heterocycles. The molecule has 1 amide bonds. The molecular weight excluding hydrogens is 346 g/mol. The minimum atomic E-state index is 0. The van der Waals surface area contributed by atoms with Gasteiger partial charge >= 0.3 is 0 Å². The molecule has 0 spiro atoms. The Balaban J connectivity index is 0.00000208. The molecule has 0 unspecified atom stereocenters. The predicted molar refractivity (Wildman–Crippen MR) is 93.0 cm³/mol. The smallest absolute Gasteiger partial charge is 0.231 e. The van der Waals surface area contributed by atoms with Gasteiger partial charge in [-0.2, -0.15) is 0 Å². The molecule has 1 aliphatic heterocycles. The first-order valence-electron chi connectivity index (χ1n) is 7.63. The van der Waals surface area contributed by atoms with Crippen molar-refractivity contribution < 1.29 is 21.9 Å². The summed E-state index contributed by atoms with van der Waals surface area (Å²) in [5, 5.41) is 5.26. The van der Waals surface area contributed by atoms with Crippen LogP contribution in [0.3, 0.4) is 0 Å². The van der Waals surface area contributed by atoms with Crippen LogP contribution in [0.2, 0.25) is 0 Å². The van der Waals surface area contributed by atoms with Crippen molar-refractivity contribution in [3.8, 4) is 5.75 Å². The van der Waals surface area contributed by atoms with Gasteiger partial charge in [0.15, 0.2) is 0 Å². The highest BCUT2D eigenvalue weighted by Gasteiger charge is 2.23. The lowest BCUT2D eigenvalue weighted by Crippen LogP contribution is -3.00. The topological polar surface area (TPSA) is 53.9 Å². The number of nitrogens with zero attached hydrogens (tertiary/aromatic N) is 2. The molecule has 7 heteroatoms. The third-order valence-electron chi connectivity index (χ3n) is 3.46. The lowest BCUT2D eigenvalue weighted by atomic mass is 10.2. The third-order valence-corrected chi connectivity index (χ3v) is 4.32. The van der Waals surface area contributed by atoms with Crippen molar-refractivity contribution in [2.75, 3.05) is 18.5 Å². The Morgan fingerprint density at radius 1 is 1.29 bits per heavy atom. The summed E-state index contributed by atoms with van der Waals surface area (Å²) in [6.07, 6.45) is 0.458. The highest BCUT2D eigenvalue weighted by atomic mass is 35.5. The molecular formula is C17H19ClN3O2S-. The number of carbonyl (C=O) groups is 1. The van der Waals surface area contributed by atoms with Crippen molar-refractivity contribution >= 4 is 28.9 Å². The molecule has 1 aliphatic rings. The summed E-state index contributed by atoms with van der Waals surface area (Å²) in [6, 6.07) is 11.7. The Kier molecular flexibility index (Phi) is 6.63. The lowest BCUT2D eigenvalue weighted by Gasteiger charge is -2.27. The van der Waals surface area contributed by atoms with Crippen LogP contribution in [0.15, 0.2) is 46.8 Å². The van der Waals surface area contributed by atoms with E-state index < -0.39 is 0 Å². The Morgan fingerprint density at radius 2 is 2.08 bits per heavy atom. The molecule has 5 nitrogen and oxygen atoms in total. The zero-order valence-electron chi connectivity index (χ0n) is 13.4. The number of guanidine groups is 1.